The Bertz CT molecular complexity index is 1460. The molecule has 3 aromatic rings. The molecule has 2 aliphatic rings. The zero-order chi connectivity index (χ0) is 27.6. The Morgan fingerprint density at radius 3 is 2.56 bits per heavy atom. The lowest BCUT2D eigenvalue weighted by molar-refractivity contribution is -0.118. The third-order valence-electron chi connectivity index (χ3n) is 6.88. The van der Waals surface area contributed by atoms with Crippen LogP contribution in [-0.2, 0) is 28.2 Å². The van der Waals surface area contributed by atoms with Crippen molar-refractivity contribution < 1.29 is 32.6 Å². The van der Waals surface area contributed by atoms with E-state index in [0.29, 0.717) is 25.8 Å². The van der Waals surface area contributed by atoms with Crippen molar-refractivity contribution >= 4 is 11.8 Å². The number of pyridine rings is 1. The van der Waals surface area contributed by atoms with Gasteiger partial charge in [-0.15, -0.1) is 0 Å². The zero-order valence-electron chi connectivity index (χ0n) is 21.2. The molecule has 2 amide bonds. The smallest absolute Gasteiger partial charge is 0.274 e. The van der Waals surface area contributed by atoms with Gasteiger partial charge in [0.15, 0.2) is 11.4 Å². The van der Waals surface area contributed by atoms with Gasteiger partial charge in [0.2, 0.25) is 5.43 Å². The van der Waals surface area contributed by atoms with E-state index in [2.05, 4.69) is 5.32 Å². The summed E-state index contributed by atoms with van der Waals surface area (Å²) in [7, 11) is 1.53. The largest absolute Gasteiger partial charge is 0.483 e. The number of hydrogen-bond donors (Lipinski definition) is 1. The Labute approximate surface area is 222 Å². The standard InChI is InChI=1S/C28H27F2N3O6/c1-37-10-9-32-15-28(16-38-17-28)33-13-21(26(35)31-12-19-7-8-20(29)11-22(19)30)24(34)25(23(33)27(32)36)39-14-18-5-3-2-4-6-18/h2-8,11,13H,9-10,12,14-17H2,1H3,(H,31,35). The van der Waals surface area contributed by atoms with Crippen LogP contribution in [0.4, 0.5) is 8.78 Å². The van der Waals surface area contributed by atoms with Crippen molar-refractivity contribution in [3.05, 3.63) is 99.0 Å². The molecular formula is C28H27F2N3O6. The minimum absolute atomic E-state index is 0.0101. The predicted molar refractivity (Wildman–Crippen MR) is 136 cm³/mol. The van der Waals surface area contributed by atoms with Crippen molar-refractivity contribution in [1.82, 2.24) is 14.8 Å². The Kier molecular flexibility index (Phi) is 7.45. The number of halogens is 2. The lowest BCUT2D eigenvalue weighted by Gasteiger charge is -2.50. The van der Waals surface area contributed by atoms with E-state index >= 15 is 0 Å². The van der Waals surface area contributed by atoms with Gasteiger partial charge in [0.25, 0.3) is 11.8 Å². The SMILES string of the molecule is COCCN1CC2(COC2)n2cc(C(=O)NCc3ccc(F)cc3F)c(=O)c(OCc3ccccc3)c2C1=O. The summed E-state index contributed by atoms with van der Waals surface area (Å²) in [5.74, 6) is -3.03. The summed E-state index contributed by atoms with van der Waals surface area (Å²) in [6, 6.07) is 12.1. The summed E-state index contributed by atoms with van der Waals surface area (Å²) in [4.78, 5) is 42.1. The van der Waals surface area contributed by atoms with E-state index in [1.54, 1.807) is 9.47 Å². The summed E-state index contributed by atoms with van der Waals surface area (Å²) < 4.78 is 45.6. The Hall–Kier alpha value is -4.09. The van der Waals surface area contributed by atoms with E-state index in [0.717, 1.165) is 11.6 Å². The molecule has 0 saturated carbocycles. The molecule has 3 heterocycles. The van der Waals surface area contributed by atoms with Crippen molar-refractivity contribution in [3.63, 3.8) is 0 Å². The molecular weight excluding hydrogens is 512 g/mol. The van der Waals surface area contributed by atoms with Gasteiger partial charge in [0, 0.05) is 44.6 Å². The van der Waals surface area contributed by atoms with Crippen molar-refractivity contribution in [2.75, 3.05) is 40.0 Å². The van der Waals surface area contributed by atoms with Crippen LogP contribution in [0, 0.1) is 11.6 Å². The molecule has 39 heavy (non-hydrogen) atoms. The quantitative estimate of drug-likeness (QED) is 0.449. The third-order valence-corrected chi connectivity index (χ3v) is 6.88. The number of fused-ring (bicyclic) bond motifs is 2. The number of hydrogen-bond acceptors (Lipinski definition) is 6. The first-order valence-electron chi connectivity index (χ1n) is 12.4. The first kappa shape index (κ1) is 26.5. The van der Waals surface area contributed by atoms with Crippen LogP contribution in [-0.4, -0.2) is 61.3 Å². The Morgan fingerprint density at radius 1 is 1.13 bits per heavy atom. The van der Waals surface area contributed by atoms with Crippen LogP contribution in [0.15, 0.2) is 59.5 Å². The number of carbonyl (C=O) groups is 2. The molecule has 0 bridgehead atoms. The highest BCUT2D eigenvalue weighted by Gasteiger charge is 2.50. The molecule has 2 aromatic carbocycles. The average molecular weight is 540 g/mol. The maximum atomic E-state index is 14.1. The molecule has 9 nitrogen and oxygen atoms in total. The van der Waals surface area contributed by atoms with E-state index < -0.39 is 34.4 Å². The van der Waals surface area contributed by atoms with E-state index in [-0.39, 0.29) is 48.9 Å². The highest BCUT2D eigenvalue weighted by Crippen LogP contribution is 2.36. The van der Waals surface area contributed by atoms with Crippen molar-refractivity contribution in [3.8, 4) is 5.75 Å². The molecule has 0 unspecified atom stereocenters. The summed E-state index contributed by atoms with van der Waals surface area (Å²) in [5.41, 5.74) is -0.897. The first-order chi connectivity index (χ1) is 18.8. The summed E-state index contributed by atoms with van der Waals surface area (Å²) in [5, 5.41) is 2.52. The molecule has 11 heteroatoms. The van der Waals surface area contributed by atoms with Crippen molar-refractivity contribution in [2.45, 2.75) is 18.7 Å². The Morgan fingerprint density at radius 2 is 1.90 bits per heavy atom. The van der Waals surface area contributed by atoms with Crippen LogP contribution in [0.2, 0.25) is 0 Å². The number of methoxy groups -OCH3 is 1. The van der Waals surface area contributed by atoms with Crippen LogP contribution < -0.4 is 15.5 Å². The van der Waals surface area contributed by atoms with E-state index in [1.807, 2.05) is 30.3 Å². The molecule has 204 valence electrons. The van der Waals surface area contributed by atoms with Gasteiger partial charge < -0.3 is 29.0 Å². The molecule has 2 aliphatic heterocycles. The maximum Gasteiger partial charge on any atom is 0.274 e. The van der Waals surface area contributed by atoms with E-state index in [4.69, 9.17) is 14.2 Å². The first-order valence-corrected chi connectivity index (χ1v) is 12.4. The average Bonchev–Trinajstić information content (AvgIpc) is 2.91. The molecule has 1 saturated heterocycles. The Balaban J connectivity index is 1.54. The highest BCUT2D eigenvalue weighted by molar-refractivity contribution is 5.99. The van der Waals surface area contributed by atoms with Crippen LogP contribution in [0.25, 0.3) is 0 Å². The van der Waals surface area contributed by atoms with Crippen molar-refractivity contribution in [2.24, 2.45) is 0 Å². The fourth-order valence-electron chi connectivity index (χ4n) is 4.73. The molecule has 5 rings (SSSR count). The van der Waals surface area contributed by atoms with Gasteiger partial charge in [-0.1, -0.05) is 36.4 Å². The number of nitrogens with one attached hydrogen (secondary N) is 1. The fraction of sp³-hybridized carbons (Fsp3) is 0.321. The maximum absolute atomic E-state index is 14.1. The van der Waals surface area contributed by atoms with Gasteiger partial charge >= 0.3 is 0 Å². The normalized spacial score (nSPS) is 15.6. The van der Waals surface area contributed by atoms with Crippen molar-refractivity contribution in [1.29, 1.82) is 0 Å². The van der Waals surface area contributed by atoms with Crippen LogP contribution in [0.1, 0.15) is 32.0 Å². The monoisotopic (exact) mass is 539 g/mol. The van der Waals surface area contributed by atoms with Crippen LogP contribution in [0.3, 0.4) is 0 Å². The van der Waals surface area contributed by atoms with Crippen LogP contribution in [0.5, 0.6) is 5.75 Å². The number of rotatable bonds is 9. The number of nitrogens with zero attached hydrogens (tertiary/aromatic N) is 2. The molecule has 0 aliphatic carbocycles. The lowest BCUT2D eigenvalue weighted by atomic mass is 9.91. The zero-order valence-corrected chi connectivity index (χ0v) is 21.2. The summed E-state index contributed by atoms with van der Waals surface area (Å²) in [6.45, 7) is 1.14. The highest BCUT2D eigenvalue weighted by atomic mass is 19.1. The third kappa shape index (κ3) is 5.15. The van der Waals surface area contributed by atoms with Gasteiger partial charge in [0.05, 0.1) is 19.8 Å². The number of amides is 2. The topological polar surface area (TPSA) is 99.1 Å². The predicted octanol–water partition coefficient (Wildman–Crippen LogP) is 2.46. The van der Waals surface area contributed by atoms with E-state index in [9.17, 15) is 23.2 Å². The minimum Gasteiger partial charge on any atom is -0.483 e. The molecule has 1 fully saturated rings. The summed E-state index contributed by atoms with van der Waals surface area (Å²) >= 11 is 0. The van der Waals surface area contributed by atoms with Gasteiger partial charge in [-0.3, -0.25) is 14.4 Å². The number of aromatic nitrogens is 1. The van der Waals surface area contributed by atoms with Crippen LogP contribution >= 0.6 is 0 Å². The lowest BCUT2D eigenvalue weighted by Crippen LogP contribution is -2.64. The summed E-state index contributed by atoms with van der Waals surface area (Å²) in [6.07, 6.45) is 1.34. The molecule has 1 aromatic heterocycles. The van der Waals surface area contributed by atoms with E-state index in [1.165, 1.54) is 19.4 Å². The molecule has 0 atom stereocenters. The van der Waals surface area contributed by atoms with Gasteiger partial charge in [-0.2, -0.15) is 0 Å². The second kappa shape index (κ2) is 11.0. The molecule has 0 radical (unpaired) electrons. The molecule has 1 N–H and O–H groups in total. The molecule has 1 spiro atoms. The minimum atomic E-state index is -0.823. The van der Waals surface area contributed by atoms with Gasteiger partial charge in [-0.25, -0.2) is 8.78 Å². The van der Waals surface area contributed by atoms with Gasteiger partial charge in [0.1, 0.15) is 29.3 Å². The second-order valence-corrected chi connectivity index (χ2v) is 9.55. The number of ether oxygens (including phenoxy) is 3. The fourth-order valence-corrected chi connectivity index (χ4v) is 4.73. The number of benzene rings is 2. The van der Waals surface area contributed by atoms with Gasteiger partial charge in [-0.05, 0) is 11.6 Å². The second-order valence-electron chi connectivity index (χ2n) is 9.55. The number of carbonyl (C=O) groups excluding carboxylic acids is 2.